The summed E-state index contributed by atoms with van der Waals surface area (Å²) in [5.41, 5.74) is 6.75. The highest BCUT2D eigenvalue weighted by Crippen LogP contribution is 2.05. The summed E-state index contributed by atoms with van der Waals surface area (Å²) in [5.74, 6) is 0. The zero-order valence-electron chi connectivity index (χ0n) is 11.1. The average molecular weight is 250 g/mol. The van der Waals surface area contributed by atoms with Crippen LogP contribution < -0.4 is 5.73 Å². The number of carbonyl (C=O) groups is 1. The van der Waals surface area contributed by atoms with Crippen LogP contribution in [-0.2, 0) is 11.3 Å². The van der Waals surface area contributed by atoms with Crippen molar-refractivity contribution in [3.63, 3.8) is 0 Å². The Morgan fingerprint density at radius 3 is 2.61 bits per heavy atom. The summed E-state index contributed by atoms with van der Waals surface area (Å²) in [4.78, 5) is 13.4. The second-order valence-corrected chi connectivity index (χ2v) is 4.33. The number of ether oxygens (including phenoxy) is 1. The minimum atomic E-state index is -0.345. The van der Waals surface area contributed by atoms with E-state index in [1.54, 1.807) is 11.8 Å². The Morgan fingerprint density at radius 2 is 2.06 bits per heavy atom. The molecule has 0 aliphatic rings. The molecule has 0 saturated carbocycles. The van der Waals surface area contributed by atoms with Crippen LogP contribution in [-0.4, -0.2) is 23.7 Å². The molecule has 0 spiro atoms. The zero-order chi connectivity index (χ0) is 13.4. The maximum absolute atomic E-state index is 11.9. The fraction of sp³-hybridized carbons (Fsp3) is 0.500. The Balaban J connectivity index is 2.46. The van der Waals surface area contributed by atoms with Gasteiger partial charge in [0.1, 0.15) is 6.61 Å². The third-order valence-electron chi connectivity index (χ3n) is 2.68. The van der Waals surface area contributed by atoms with Crippen molar-refractivity contribution in [2.45, 2.75) is 39.5 Å². The molecule has 0 aromatic heterocycles. The molecule has 1 unspecified atom stereocenters. The lowest BCUT2D eigenvalue weighted by molar-refractivity contribution is 0.0835. The first-order chi connectivity index (χ1) is 8.65. The van der Waals surface area contributed by atoms with Crippen LogP contribution in [0.4, 0.5) is 4.79 Å². The third-order valence-corrected chi connectivity index (χ3v) is 2.68. The molecule has 2 N–H and O–H groups in total. The summed E-state index contributed by atoms with van der Waals surface area (Å²) in [5, 5.41) is 0. The molecule has 0 heterocycles. The molecule has 0 saturated heterocycles. The number of hydrogen-bond donors (Lipinski definition) is 1. The second-order valence-electron chi connectivity index (χ2n) is 4.33. The smallest absolute Gasteiger partial charge is 0.411 e. The largest absolute Gasteiger partial charge is 0.445 e. The van der Waals surface area contributed by atoms with Crippen LogP contribution >= 0.6 is 0 Å². The molecule has 1 aromatic rings. The normalized spacial score (nSPS) is 11.9. The molecule has 0 aliphatic carbocycles. The Hall–Kier alpha value is -1.55. The Labute approximate surface area is 109 Å². The number of unbranched alkanes of at least 4 members (excludes halogenated alkanes) is 1. The third kappa shape index (κ3) is 4.75. The van der Waals surface area contributed by atoms with Gasteiger partial charge in [-0.15, -0.1) is 0 Å². The molecule has 1 atom stereocenters. The molecule has 4 nitrogen and oxygen atoms in total. The summed E-state index contributed by atoms with van der Waals surface area (Å²) in [6, 6.07) is 9.62. The standard InChI is InChI=1S/C14H22N2O2/c1-3-4-10-16(12(2)15)14(17)18-11-13-8-6-5-7-9-13/h5-9,12H,3-4,10-11,15H2,1-2H3. The number of benzene rings is 1. The lowest BCUT2D eigenvalue weighted by Crippen LogP contribution is -2.44. The van der Waals surface area contributed by atoms with Crippen LogP contribution in [0.25, 0.3) is 0 Å². The van der Waals surface area contributed by atoms with Gasteiger partial charge in [0.25, 0.3) is 0 Å². The van der Waals surface area contributed by atoms with Crippen molar-refractivity contribution >= 4 is 6.09 Å². The summed E-state index contributed by atoms with van der Waals surface area (Å²) in [6.45, 7) is 4.80. The quantitative estimate of drug-likeness (QED) is 0.790. The number of nitrogens with zero attached hydrogens (tertiary/aromatic N) is 1. The van der Waals surface area contributed by atoms with Gasteiger partial charge < -0.3 is 10.5 Å². The second kappa shape index (κ2) is 7.71. The van der Waals surface area contributed by atoms with Crippen molar-refractivity contribution < 1.29 is 9.53 Å². The van der Waals surface area contributed by atoms with E-state index in [9.17, 15) is 4.79 Å². The molecule has 4 heteroatoms. The van der Waals surface area contributed by atoms with E-state index >= 15 is 0 Å². The van der Waals surface area contributed by atoms with Crippen LogP contribution in [0.2, 0.25) is 0 Å². The zero-order valence-corrected chi connectivity index (χ0v) is 11.1. The lowest BCUT2D eigenvalue weighted by atomic mass is 10.2. The highest BCUT2D eigenvalue weighted by molar-refractivity contribution is 5.67. The van der Waals surface area contributed by atoms with E-state index in [2.05, 4.69) is 6.92 Å². The highest BCUT2D eigenvalue weighted by atomic mass is 16.6. The van der Waals surface area contributed by atoms with Gasteiger partial charge in [-0.05, 0) is 18.9 Å². The number of rotatable bonds is 6. The Kier molecular flexibility index (Phi) is 6.22. The molecule has 18 heavy (non-hydrogen) atoms. The van der Waals surface area contributed by atoms with Crippen molar-refractivity contribution in [3.05, 3.63) is 35.9 Å². The molecular formula is C14H22N2O2. The fourth-order valence-electron chi connectivity index (χ4n) is 1.59. The molecule has 0 radical (unpaired) electrons. The summed E-state index contributed by atoms with van der Waals surface area (Å²) in [7, 11) is 0. The van der Waals surface area contributed by atoms with Gasteiger partial charge >= 0.3 is 6.09 Å². The van der Waals surface area contributed by atoms with E-state index in [-0.39, 0.29) is 18.9 Å². The predicted molar refractivity (Wildman–Crippen MR) is 71.9 cm³/mol. The molecule has 1 amide bonds. The van der Waals surface area contributed by atoms with E-state index in [0.717, 1.165) is 18.4 Å². The maximum atomic E-state index is 11.9. The number of nitrogens with two attached hydrogens (primary N) is 1. The van der Waals surface area contributed by atoms with Gasteiger partial charge in [-0.2, -0.15) is 0 Å². The first kappa shape index (κ1) is 14.5. The van der Waals surface area contributed by atoms with Crippen molar-refractivity contribution in [2.24, 2.45) is 5.73 Å². The maximum Gasteiger partial charge on any atom is 0.411 e. The van der Waals surface area contributed by atoms with Crippen molar-refractivity contribution in [3.8, 4) is 0 Å². The minimum Gasteiger partial charge on any atom is -0.445 e. The molecule has 0 bridgehead atoms. The van der Waals surface area contributed by atoms with Crippen molar-refractivity contribution in [2.75, 3.05) is 6.54 Å². The van der Waals surface area contributed by atoms with Crippen LogP contribution in [0.1, 0.15) is 32.3 Å². The van der Waals surface area contributed by atoms with Crippen LogP contribution in [0.3, 0.4) is 0 Å². The van der Waals surface area contributed by atoms with Crippen molar-refractivity contribution in [1.29, 1.82) is 0 Å². The summed E-state index contributed by atoms with van der Waals surface area (Å²) in [6.07, 6.45) is 1.29. The predicted octanol–water partition coefficient (Wildman–Crippen LogP) is 2.73. The average Bonchev–Trinajstić information content (AvgIpc) is 2.37. The van der Waals surface area contributed by atoms with Crippen LogP contribution in [0, 0.1) is 0 Å². The SMILES string of the molecule is CCCCN(C(=O)OCc1ccccc1)C(C)N. The summed E-state index contributed by atoms with van der Waals surface area (Å²) >= 11 is 0. The van der Waals surface area contributed by atoms with Gasteiger partial charge in [0.05, 0.1) is 6.17 Å². The number of carbonyl (C=O) groups excluding carboxylic acids is 1. The topological polar surface area (TPSA) is 55.6 Å². The van der Waals surface area contributed by atoms with Gasteiger partial charge in [0.2, 0.25) is 0 Å². The highest BCUT2D eigenvalue weighted by Gasteiger charge is 2.17. The molecule has 1 aromatic carbocycles. The van der Waals surface area contributed by atoms with Gasteiger partial charge in [-0.25, -0.2) is 4.79 Å². The van der Waals surface area contributed by atoms with Crippen LogP contribution in [0.15, 0.2) is 30.3 Å². The van der Waals surface area contributed by atoms with E-state index in [4.69, 9.17) is 10.5 Å². The van der Waals surface area contributed by atoms with E-state index < -0.39 is 0 Å². The van der Waals surface area contributed by atoms with E-state index in [0.29, 0.717) is 6.54 Å². The number of hydrogen-bond acceptors (Lipinski definition) is 3. The first-order valence-corrected chi connectivity index (χ1v) is 6.38. The molecular weight excluding hydrogens is 228 g/mol. The molecule has 1 rings (SSSR count). The van der Waals surface area contributed by atoms with Gasteiger partial charge in [0, 0.05) is 6.54 Å². The van der Waals surface area contributed by atoms with Gasteiger partial charge in [-0.3, -0.25) is 4.90 Å². The first-order valence-electron chi connectivity index (χ1n) is 6.38. The molecule has 100 valence electrons. The Morgan fingerprint density at radius 1 is 1.39 bits per heavy atom. The lowest BCUT2D eigenvalue weighted by Gasteiger charge is -2.25. The minimum absolute atomic E-state index is 0.287. The molecule has 0 aliphatic heterocycles. The fourth-order valence-corrected chi connectivity index (χ4v) is 1.59. The Bertz CT molecular complexity index is 352. The summed E-state index contributed by atoms with van der Waals surface area (Å²) < 4.78 is 5.26. The van der Waals surface area contributed by atoms with E-state index in [1.807, 2.05) is 30.3 Å². The monoisotopic (exact) mass is 250 g/mol. The van der Waals surface area contributed by atoms with Gasteiger partial charge in [0.15, 0.2) is 0 Å². The van der Waals surface area contributed by atoms with Gasteiger partial charge in [-0.1, -0.05) is 43.7 Å². The van der Waals surface area contributed by atoms with Crippen molar-refractivity contribution in [1.82, 2.24) is 4.90 Å². The van der Waals surface area contributed by atoms with Crippen LogP contribution in [0.5, 0.6) is 0 Å². The molecule has 0 fully saturated rings. The number of amides is 1. The van der Waals surface area contributed by atoms with E-state index in [1.165, 1.54) is 0 Å².